The van der Waals surface area contributed by atoms with Crippen LogP contribution in [-0.4, -0.2) is 55.7 Å². The lowest BCUT2D eigenvalue weighted by Gasteiger charge is -2.15. The minimum Gasteiger partial charge on any atom is -0.494 e. The van der Waals surface area contributed by atoms with Gasteiger partial charge in [-0.3, -0.25) is 9.48 Å². The van der Waals surface area contributed by atoms with E-state index in [2.05, 4.69) is 30.9 Å². The lowest BCUT2D eigenvalue weighted by molar-refractivity contribution is -0.117. The largest absolute Gasteiger partial charge is 0.494 e. The molecule has 12 nitrogen and oxygen atoms in total. The SMILES string of the molecule is COc1c(Nc2cc(NC(=O)C3CC3)nnc2C(=O)O)cccc1-c1ncn(CCOCc2ccccc2)n1. The van der Waals surface area contributed by atoms with Crippen LogP contribution in [0.5, 0.6) is 5.75 Å². The number of nitrogens with one attached hydrogen (secondary N) is 2. The van der Waals surface area contributed by atoms with Crippen molar-refractivity contribution in [2.75, 3.05) is 24.4 Å². The van der Waals surface area contributed by atoms with Crippen LogP contribution >= 0.6 is 0 Å². The van der Waals surface area contributed by atoms with Crippen molar-refractivity contribution < 1.29 is 24.2 Å². The predicted molar refractivity (Wildman–Crippen MR) is 142 cm³/mol. The first-order valence-corrected chi connectivity index (χ1v) is 12.4. The molecule has 0 bridgehead atoms. The highest BCUT2D eigenvalue weighted by Gasteiger charge is 2.30. The van der Waals surface area contributed by atoms with Gasteiger partial charge in [0.15, 0.2) is 23.1 Å². The number of anilines is 3. The van der Waals surface area contributed by atoms with Gasteiger partial charge < -0.3 is 25.2 Å². The summed E-state index contributed by atoms with van der Waals surface area (Å²) in [5.74, 6) is -0.471. The van der Waals surface area contributed by atoms with E-state index in [0.29, 0.717) is 42.6 Å². The maximum Gasteiger partial charge on any atom is 0.358 e. The highest BCUT2D eigenvalue weighted by molar-refractivity contribution is 5.96. The zero-order valence-electron chi connectivity index (χ0n) is 21.2. The Kier molecular flexibility index (Phi) is 7.73. The molecular formula is C27H27N7O5. The number of nitrogens with zero attached hydrogens (tertiary/aromatic N) is 5. The van der Waals surface area contributed by atoms with Gasteiger partial charge in [-0.2, -0.15) is 5.10 Å². The van der Waals surface area contributed by atoms with Crippen LogP contribution in [0, 0.1) is 5.92 Å². The molecule has 4 aromatic rings. The summed E-state index contributed by atoms with van der Waals surface area (Å²) in [6, 6.07) is 16.7. The average molecular weight is 530 g/mol. The smallest absolute Gasteiger partial charge is 0.358 e. The molecular weight excluding hydrogens is 502 g/mol. The Hall–Kier alpha value is -4.84. The lowest BCUT2D eigenvalue weighted by Crippen LogP contribution is -2.16. The molecule has 1 aliphatic carbocycles. The fourth-order valence-corrected chi connectivity index (χ4v) is 3.90. The maximum absolute atomic E-state index is 12.2. The number of para-hydroxylation sites is 1. The molecule has 2 heterocycles. The van der Waals surface area contributed by atoms with Crippen molar-refractivity contribution in [1.29, 1.82) is 0 Å². The van der Waals surface area contributed by atoms with Crippen LogP contribution in [0.2, 0.25) is 0 Å². The van der Waals surface area contributed by atoms with Crippen LogP contribution in [0.15, 0.2) is 60.9 Å². The number of benzene rings is 2. The van der Waals surface area contributed by atoms with Gasteiger partial charge in [-0.05, 0) is 30.5 Å². The summed E-state index contributed by atoms with van der Waals surface area (Å²) in [6.07, 6.45) is 3.27. The molecule has 0 radical (unpaired) electrons. The molecule has 1 saturated carbocycles. The van der Waals surface area contributed by atoms with Gasteiger partial charge in [0.05, 0.1) is 43.8 Å². The summed E-state index contributed by atoms with van der Waals surface area (Å²) < 4.78 is 13.1. The second-order valence-electron chi connectivity index (χ2n) is 8.94. The molecule has 2 aromatic carbocycles. The van der Waals surface area contributed by atoms with Crippen molar-refractivity contribution in [3.63, 3.8) is 0 Å². The van der Waals surface area contributed by atoms with Crippen molar-refractivity contribution in [1.82, 2.24) is 25.0 Å². The average Bonchev–Trinajstić information content (AvgIpc) is 3.70. The molecule has 0 saturated heterocycles. The standard InChI is InChI=1S/C27H27N7O5/c1-38-24-19(25-28-16-34(33-25)12-13-39-15-17-6-3-2-4-7-17)8-5-9-20(24)29-21-14-22(30-26(35)18-10-11-18)31-32-23(21)27(36)37/h2-9,14,16,18H,10-13,15H2,1H3,(H,36,37)(H2,29,30,31,35). The van der Waals surface area contributed by atoms with E-state index < -0.39 is 5.97 Å². The first kappa shape index (κ1) is 25.8. The minimum absolute atomic E-state index is 0.0399. The molecule has 12 heteroatoms. The number of aromatic nitrogens is 5. The van der Waals surface area contributed by atoms with Crippen LogP contribution in [0.3, 0.4) is 0 Å². The first-order chi connectivity index (χ1) is 19.0. The third kappa shape index (κ3) is 6.36. The molecule has 1 fully saturated rings. The number of amides is 1. The summed E-state index contributed by atoms with van der Waals surface area (Å²) in [5.41, 5.74) is 2.01. The summed E-state index contributed by atoms with van der Waals surface area (Å²) in [5, 5.41) is 27.6. The van der Waals surface area contributed by atoms with E-state index in [-0.39, 0.29) is 29.0 Å². The number of carbonyl (C=O) groups is 2. The summed E-state index contributed by atoms with van der Waals surface area (Å²) in [4.78, 5) is 28.4. The zero-order valence-corrected chi connectivity index (χ0v) is 21.2. The number of carbonyl (C=O) groups excluding carboxylic acids is 1. The number of aromatic carboxylic acids is 1. The highest BCUT2D eigenvalue weighted by Crippen LogP contribution is 2.37. The molecule has 0 spiro atoms. The second kappa shape index (κ2) is 11.7. The minimum atomic E-state index is -1.27. The van der Waals surface area contributed by atoms with Gasteiger partial charge >= 0.3 is 5.97 Å². The molecule has 0 unspecified atom stereocenters. The molecule has 3 N–H and O–H groups in total. The van der Waals surface area contributed by atoms with Crippen LogP contribution < -0.4 is 15.4 Å². The van der Waals surface area contributed by atoms with E-state index in [1.165, 1.54) is 13.2 Å². The molecule has 1 aliphatic rings. The van der Waals surface area contributed by atoms with Crippen molar-refractivity contribution in [2.45, 2.75) is 26.0 Å². The molecule has 39 heavy (non-hydrogen) atoms. The van der Waals surface area contributed by atoms with Crippen molar-refractivity contribution in [3.05, 3.63) is 72.2 Å². The molecule has 0 atom stereocenters. The van der Waals surface area contributed by atoms with Gasteiger partial charge in [0, 0.05) is 12.0 Å². The fraction of sp³-hybridized carbons (Fsp3) is 0.259. The number of carboxylic acid groups (broad SMARTS) is 1. The van der Waals surface area contributed by atoms with Crippen molar-refractivity contribution in [2.24, 2.45) is 5.92 Å². The number of rotatable bonds is 12. The van der Waals surface area contributed by atoms with Crippen molar-refractivity contribution in [3.8, 4) is 17.1 Å². The van der Waals surface area contributed by atoms with Gasteiger partial charge in [0.1, 0.15) is 6.33 Å². The Balaban J connectivity index is 1.32. The molecule has 0 aliphatic heterocycles. The zero-order chi connectivity index (χ0) is 27.2. The van der Waals surface area contributed by atoms with Crippen LogP contribution in [0.25, 0.3) is 11.4 Å². The number of hydrogen-bond acceptors (Lipinski definition) is 9. The number of carboxylic acids is 1. The Labute approximate surface area is 224 Å². The van der Waals surface area contributed by atoms with E-state index in [4.69, 9.17) is 9.47 Å². The van der Waals surface area contributed by atoms with Crippen molar-refractivity contribution >= 4 is 29.1 Å². The summed E-state index contributed by atoms with van der Waals surface area (Å²) in [7, 11) is 1.50. The quantitative estimate of drug-likeness (QED) is 0.231. The Morgan fingerprint density at radius 1 is 1.08 bits per heavy atom. The lowest BCUT2D eigenvalue weighted by atomic mass is 10.1. The topological polar surface area (TPSA) is 153 Å². The Morgan fingerprint density at radius 3 is 2.64 bits per heavy atom. The summed E-state index contributed by atoms with van der Waals surface area (Å²) in [6.45, 7) is 1.49. The van der Waals surface area contributed by atoms with Crippen LogP contribution in [-0.2, 0) is 22.7 Å². The molecule has 2 aromatic heterocycles. The monoisotopic (exact) mass is 529 g/mol. The van der Waals surface area contributed by atoms with Gasteiger partial charge in [-0.25, -0.2) is 9.78 Å². The summed E-state index contributed by atoms with van der Waals surface area (Å²) >= 11 is 0. The third-order valence-electron chi connectivity index (χ3n) is 6.04. The van der Waals surface area contributed by atoms with Gasteiger partial charge in [0.25, 0.3) is 0 Å². The highest BCUT2D eigenvalue weighted by atomic mass is 16.5. The van der Waals surface area contributed by atoms with Gasteiger partial charge in [0.2, 0.25) is 5.91 Å². The third-order valence-corrected chi connectivity index (χ3v) is 6.04. The number of ether oxygens (including phenoxy) is 2. The normalized spacial score (nSPS) is 12.6. The molecule has 200 valence electrons. The predicted octanol–water partition coefficient (Wildman–Crippen LogP) is 3.75. The fourth-order valence-electron chi connectivity index (χ4n) is 3.90. The van der Waals surface area contributed by atoms with E-state index in [1.54, 1.807) is 29.2 Å². The van der Waals surface area contributed by atoms with E-state index in [0.717, 1.165) is 18.4 Å². The van der Waals surface area contributed by atoms with Gasteiger partial charge in [-0.15, -0.1) is 10.2 Å². The van der Waals surface area contributed by atoms with E-state index in [1.807, 2.05) is 30.3 Å². The van der Waals surface area contributed by atoms with Gasteiger partial charge in [-0.1, -0.05) is 36.4 Å². The first-order valence-electron chi connectivity index (χ1n) is 12.4. The van der Waals surface area contributed by atoms with E-state index in [9.17, 15) is 14.7 Å². The second-order valence-corrected chi connectivity index (χ2v) is 8.94. The Morgan fingerprint density at radius 2 is 1.90 bits per heavy atom. The number of methoxy groups -OCH3 is 1. The number of hydrogen-bond donors (Lipinski definition) is 3. The Bertz CT molecular complexity index is 1470. The molecule has 1 amide bonds. The maximum atomic E-state index is 12.2. The van der Waals surface area contributed by atoms with E-state index >= 15 is 0 Å². The van der Waals surface area contributed by atoms with Crippen LogP contribution in [0.4, 0.5) is 17.2 Å². The molecule has 5 rings (SSSR count). The van der Waals surface area contributed by atoms with Crippen LogP contribution in [0.1, 0.15) is 28.9 Å².